The lowest BCUT2D eigenvalue weighted by atomic mass is 10.1. The van der Waals surface area contributed by atoms with Crippen molar-refractivity contribution in [3.8, 4) is 0 Å². The predicted molar refractivity (Wildman–Crippen MR) is 67.4 cm³/mol. The minimum Gasteiger partial charge on any atom is -0.355 e. The van der Waals surface area contributed by atoms with E-state index in [9.17, 15) is 0 Å². The number of aryl methyl sites for hydroxylation is 2. The molecule has 0 amide bonds. The maximum absolute atomic E-state index is 6.21. The number of pyridine rings is 1. The third kappa shape index (κ3) is 1.91. The Bertz CT molecular complexity index is 392. The van der Waals surface area contributed by atoms with Crippen LogP contribution in [0, 0.1) is 0 Å². The molecule has 0 saturated carbocycles. The van der Waals surface area contributed by atoms with Gasteiger partial charge in [0.15, 0.2) is 0 Å². The second kappa shape index (κ2) is 4.25. The molecule has 1 atom stereocenters. The lowest BCUT2D eigenvalue weighted by Crippen LogP contribution is -2.36. The summed E-state index contributed by atoms with van der Waals surface area (Å²) in [6.45, 7) is 2.06. The van der Waals surface area contributed by atoms with E-state index in [0.29, 0.717) is 5.38 Å². The highest BCUT2D eigenvalue weighted by Gasteiger charge is 2.20. The van der Waals surface area contributed by atoms with Crippen LogP contribution in [0.5, 0.6) is 0 Å². The Balaban J connectivity index is 1.83. The first-order valence-electron chi connectivity index (χ1n) is 6.21. The summed E-state index contributed by atoms with van der Waals surface area (Å²) in [4.78, 5) is 7.11. The summed E-state index contributed by atoms with van der Waals surface area (Å²) in [5.74, 6) is 1.13. The van der Waals surface area contributed by atoms with Gasteiger partial charge in [-0.1, -0.05) is 6.07 Å². The summed E-state index contributed by atoms with van der Waals surface area (Å²) in [5, 5.41) is 0.295. The van der Waals surface area contributed by atoms with Gasteiger partial charge in [-0.2, -0.15) is 0 Å². The molecule has 1 aromatic heterocycles. The SMILES string of the molecule is ClC1CCCN(c2ccc3c(n2)CCC3)C1. The number of nitrogens with zero attached hydrogens (tertiary/aromatic N) is 2. The van der Waals surface area contributed by atoms with Gasteiger partial charge in [0.2, 0.25) is 0 Å². The molecular formula is C13H17ClN2. The molecule has 2 nitrogen and oxygen atoms in total. The van der Waals surface area contributed by atoms with Crippen LogP contribution < -0.4 is 4.90 Å². The molecule has 0 spiro atoms. The quantitative estimate of drug-likeness (QED) is 0.697. The summed E-state index contributed by atoms with van der Waals surface area (Å²) in [5.41, 5.74) is 2.76. The minimum absolute atomic E-state index is 0.295. The van der Waals surface area contributed by atoms with Crippen molar-refractivity contribution in [3.63, 3.8) is 0 Å². The largest absolute Gasteiger partial charge is 0.355 e. The molecular weight excluding hydrogens is 220 g/mol. The van der Waals surface area contributed by atoms with Crippen LogP contribution in [0.15, 0.2) is 12.1 Å². The topological polar surface area (TPSA) is 16.1 Å². The molecule has 1 aromatic rings. The Morgan fingerprint density at radius 3 is 3.06 bits per heavy atom. The summed E-state index contributed by atoms with van der Waals surface area (Å²) in [6, 6.07) is 4.42. The van der Waals surface area contributed by atoms with E-state index in [4.69, 9.17) is 16.6 Å². The average molecular weight is 237 g/mol. The number of halogens is 1. The number of hydrogen-bond acceptors (Lipinski definition) is 2. The summed E-state index contributed by atoms with van der Waals surface area (Å²) >= 11 is 6.21. The van der Waals surface area contributed by atoms with Crippen LogP contribution in [0.1, 0.15) is 30.5 Å². The normalized spacial score (nSPS) is 24.6. The molecule has 3 rings (SSSR count). The molecule has 0 bridgehead atoms. The molecule has 2 heterocycles. The fraction of sp³-hybridized carbons (Fsp3) is 0.615. The van der Waals surface area contributed by atoms with Gasteiger partial charge in [-0.25, -0.2) is 4.98 Å². The zero-order valence-electron chi connectivity index (χ0n) is 9.45. The van der Waals surface area contributed by atoms with Gasteiger partial charge in [-0.15, -0.1) is 11.6 Å². The molecule has 0 N–H and O–H groups in total. The van der Waals surface area contributed by atoms with Crippen LogP contribution in [0.25, 0.3) is 0 Å². The van der Waals surface area contributed by atoms with Crippen molar-refractivity contribution in [1.29, 1.82) is 0 Å². The Morgan fingerprint density at radius 2 is 2.19 bits per heavy atom. The second-order valence-electron chi connectivity index (χ2n) is 4.81. The van der Waals surface area contributed by atoms with Gasteiger partial charge in [0.1, 0.15) is 5.82 Å². The summed E-state index contributed by atoms with van der Waals surface area (Å²) in [7, 11) is 0. The second-order valence-corrected chi connectivity index (χ2v) is 5.43. The monoisotopic (exact) mass is 236 g/mol. The number of alkyl halides is 1. The Labute approximate surface area is 102 Å². The van der Waals surface area contributed by atoms with Gasteiger partial charge in [-0.05, 0) is 43.7 Å². The van der Waals surface area contributed by atoms with Crippen LogP contribution in [0.3, 0.4) is 0 Å². The van der Waals surface area contributed by atoms with E-state index < -0.39 is 0 Å². The van der Waals surface area contributed by atoms with Gasteiger partial charge in [0.25, 0.3) is 0 Å². The molecule has 16 heavy (non-hydrogen) atoms. The molecule has 1 saturated heterocycles. The molecule has 0 aromatic carbocycles. The number of fused-ring (bicyclic) bond motifs is 1. The van der Waals surface area contributed by atoms with Crippen LogP contribution in [-0.4, -0.2) is 23.5 Å². The van der Waals surface area contributed by atoms with Crippen LogP contribution in [-0.2, 0) is 12.8 Å². The highest BCUT2D eigenvalue weighted by atomic mass is 35.5. The number of rotatable bonds is 1. The fourth-order valence-electron chi connectivity index (χ4n) is 2.72. The van der Waals surface area contributed by atoms with E-state index in [1.165, 1.54) is 30.5 Å². The lowest BCUT2D eigenvalue weighted by molar-refractivity contribution is 0.579. The molecule has 1 aliphatic carbocycles. The molecule has 0 radical (unpaired) electrons. The number of hydrogen-bond donors (Lipinski definition) is 0. The van der Waals surface area contributed by atoms with Crippen molar-refractivity contribution in [1.82, 2.24) is 4.98 Å². The van der Waals surface area contributed by atoms with E-state index >= 15 is 0 Å². The maximum Gasteiger partial charge on any atom is 0.128 e. The Kier molecular flexibility index (Phi) is 2.76. The van der Waals surface area contributed by atoms with Crippen molar-refractivity contribution in [2.75, 3.05) is 18.0 Å². The zero-order chi connectivity index (χ0) is 11.0. The zero-order valence-corrected chi connectivity index (χ0v) is 10.2. The first-order chi connectivity index (χ1) is 7.83. The first-order valence-corrected chi connectivity index (χ1v) is 6.64. The highest BCUT2D eigenvalue weighted by Crippen LogP contribution is 2.25. The van der Waals surface area contributed by atoms with Gasteiger partial charge in [0, 0.05) is 18.8 Å². The smallest absolute Gasteiger partial charge is 0.128 e. The van der Waals surface area contributed by atoms with E-state index in [-0.39, 0.29) is 0 Å². The molecule has 1 unspecified atom stereocenters. The Hall–Kier alpha value is -0.760. The predicted octanol–water partition coefficient (Wildman–Crippen LogP) is 2.78. The molecule has 86 valence electrons. The number of aromatic nitrogens is 1. The molecule has 1 fully saturated rings. The molecule has 1 aliphatic heterocycles. The van der Waals surface area contributed by atoms with Crippen LogP contribution in [0.4, 0.5) is 5.82 Å². The van der Waals surface area contributed by atoms with Crippen molar-refractivity contribution in [2.24, 2.45) is 0 Å². The third-order valence-corrected chi connectivity index (χ3v) is 3.96. The van der Waals surface area contributed by atoms with Crippen molar-refractivity contribution in [3.05, 3.63) is 23.4 Å². The maximum atomic E-state index is 6.21. The van der Waals surface area contributed by atoms with Crippen molar-refractivity contribution >= 4 is 17.4 Å². The van der Waals surface area contributed by atoms with E-state index in [1.54, 1.807) is 0 Å². The van der Waals surface area contributed by atoms with Crippen LogP contribution >= 0.6 is 11.6 Å². The van der Waals surface area contributed by atoms with Gasteiger partial charge < -0.3 is 4.90 Å². The number of anilines is 1. The minimum atomic E-state index is 0.295. The van der Waals surface area contributed by atoms with Gasteiger partial charge >= 0.3 is 0 Å². The number of piperidine rings is 1. The van der Waals surface area contributed by atoms with Gasteiger partial charge in [-0.3, -0.25) is 0 Å². The van der Waals surface area contributed by atoms with E-state index in [1.807, 2.05) is 0 Å². The summed E-state index contributed by atoms with van der Waals surface area (Å²) < 4.78 is 0. The summed E-state index contributed by atoms with van der Waals surface area (Å²) in [6.07, 6.45) is 5.96. The van der Waals surface area contributed by atoms with Crippen molar-refractivity contribution < 1.29 is 0 Å². The standard InChI is InChI=1S/C13H17ClN2/c14-11-4-2-8-16(9-11)13-7-6-10-3-1-5-12(10)15-13/h6-7,11H,1-5,8-9H2. The van der Waals surface area contributed by atoms with Crippen molar-refractivity contribution in [2.45, 2.75) is 37.5 Å². The molecule has 3 heteroatoms. The lowest BCUT2D eigenvalue weighted by Gasteiger charge is -2.31. The van der Waals surface area contributed by atoms with Crippen LogP contribution in [0.2, 0.25) is 0 Å². The van der Waals surface area contributed by atoms with E-state index in [0.717, 1.165) is 31.7 Å². The fourth-order valence-corrected chi connectivity index (χ4v) is 3.04. The first kappa shape index (κ1) is 10.4. The highest BCUT2D eigenvalue weighted by molar-refractivity contribution is 6.21. The third-order valence-electron chi connectivity index (χ3n) is 3.60. The van der Waals surface area contributed by atoms with E-state index in [2.05, 4.69) is 17.0 Å². The Morgan fingerprint density at radius 1 is 1.25 bits per heavy atom. The average Bonchev–Trinajstić information content (AvgIpc) is 2.75. The van der Waals surface area contributed by atoms with Gasteiger partial charge in [0.05, 0.1) is 5.38 Å². The molecule has 2 aliphatic rings.